The second kappa shape index (κ2) is 7.72. The number of rotatable bonds is 4. The Kier molecular flexibility index (Phi) is 5.40. The van der Waals surface area contributed by atoms with E-state index in [0.29, 0.717) is 38.5 Å². The minimum atomic E-state index is -3.01. The first kappa shape index (κ1) is 21.7. The van der Waals surface area contributed by atoms with Crippen LogP contribution in [0.3, 0.4) is 0 Å². The summed E-state index contributed by atoms with van der Waals surface area (Å²) in [7, 11) is -1.28. The number of likely N-dealkylation sites (N-methyl/N-ethyl adjacent to an activating group) is 1. The Morgan fingerprint density at radius 2 is 1.52 bits per heavy atom. The van der Waals surface area contributed by atoms with E-state index in [-0.39, 0.29) is 34.9 Å². The van der Waals surface area contributed by atoms with Gasteiger partial charge in [-0.3, -0.25) is 14.5 Å². The fraction of sp³-hybridized carbons (Fsp3) is 0.913. The Bertz CT molecular complexity index is 814. The standard InChI is InChI=1S/C23H37N3O4S/c1-16(21(27)24(2)20-3-8-31(29,30)15-20)25-4-6-26(7-5-25)22(28)23-12-17-9-18(13-23)11-19(10-17)14-23/h16-20H,3-15H2,1-2H3. The van der Waals surface area contributed by atoms with Gasteiger partial charge >= 0.3 is 0 Å². The number of piperazine rings is 1. The van der Waals surface area contributed by atoms with E-state index in [0.717, 1.165) is 37.0 Å². The van der Waals surface area contributed by atoms with E-state index in [1.807, 2.05) is 6.92 Å². The average molecular weight is 452 g/mol. The molecule has 6 fully saturated rings. The highest BCUT2D eigenvalue weighted by molar-refractivity contribution is 7.91. The zero-order chi connectivity index (χ0) is 22.0. The van der Waals surface area contributed by atoms with Crippen LogP contribution >= 0.6 is 0 Å². The quantitative estimate of drug-likeness (QED) is 0.645. The number of amides is 2. The molecule has 7 nitrogen and oxygen atoms in total. The lowest BCUT2D eigenvalue weighted by Crippen LogP contribution is -2.60. The molecule has 0 N–H and O–H groups in total. The van der Waals surface area contributed by atoms with E-state index < -0.39 is 9.84 Å². The zero-order valence-corrected chi connectivity index (χ0v) is 19.8. The van der Waals surface area contributed by atoms with Gasteiger partial charge in [0, 0.05) is 39.3 Å². The highest BCUT2D eigenvalue weighted by atomic mass is 32.2. The van der Waals surface area contributed by atoms with Crippen LogP contribution in [0.4, 0.5) is 0 Å². The Hall–Kier alpha value is -1.15. The predicted octanol–water partition coefficient (Wildman–Crippen LogP) is 1.38. The summed E-state index contributed by atoms with van der Waals surface area (Å²) in [6.45, 7) is 4.72. The van der Waals surface area contributed by atoms with Gasteiger partial charge in [0.2, 0.25) is 11.8 Å². The summed E-state index contributed by atoms with van der Waals surface area (Å²) in [5.74, 6) is 2.93. The minimum absolute atomic E-state index is 0.0111. The van der Waals surface area contributed by atoms with Crippen molar-refractivity contribution in [3.63, 3.8) is 0 Å². The number of carbonyl (C=O) groups excluding carboxylic acids is 2. The minimum Gasteiger partial charge on any atom is -0.340 e. The maximum atomic E-state index is 13.6. The van der Waals surface area contributed by atoms with Gasteiger partial charge < -0.3 is 9.80 Å². The van der Waals surface area contributed by atoms with Crippen molar-refractivity contribution in [1.29, 1.82) is 0 Å². The summed E-state index contributed by atoms with van der Waals surface area (Å²) in [5, 5.41) is 0. The molecule has 4 aliphatic carbocycles. The maximum absolute atomic E-state index is 13.6. The van der Waals surface area contributed by atoms with Crippen LogP contribution in [-0.2, 0) is 19.4 Å². The second-order valence-corrected chi connectivity index (χ2v) is 13.4. The molecule has 0 aromatic heterocycles. The van der Waals surface area contributed by atoms with Crippen LogP contribution < -0.4 is 0 Å². The van der Waals surface area contributed by atoms with Crippen LogP contribution in [0.5, 0.6) is 0 Å². The van der Waals surface area contributed by atoms with Gasteiger partial charge in [0.1, 0.15) is 0 Å². The van der Waals surface area contributed by atoms with Crippen LogP contribution in [0.2, 0.25) is 0 Å². The molecule has 2 unspecified atom stereocenters. The van der Waals surface area contributed by atoms with Gasteiger partial charge in [-0.25, -0.2) is 8.42 Å². The highest BCUT2D eigenvalue weighted by Gasteiger charge is 2.55. The third kappa shape index (κ3) is 3.92. The molecule has 31 heavy (non-hydrogen) atoms. The lowest BCUT2D eigenvalue weighted by Gasteiger charge is -2.57. The van der Waals surface area contributed by atoms with Crippen molar-refractivity contribution in [3.05, 3.63) is 0 Å². The van der Waals surface area contributed by atoms with Gasteiger partial charge in [-0.05, 0) is 69.6 Å². The smallest absolute Gasteiger partial charge is 0.239 e. The molecule has 0 aromatic carbocycles. The molecule has 2 saturated heterocycles. The second-order valence-electron chi connectivity index (χ2n) is 11.2. The van der Waals surface area contributed by atoms with E-state index in [9.17, 15) is 18.0 Å². The molecule has 4 saturated carbocycles. The molecule has 8 heteroatoms. The molecule has 0 radical (unpaired) electrons. The van der Waals surface area contributed by atoms with E-state index in [4.69, 9.17) is 0 Å². The van der Waals surface area contributed by atoms with Crippen LogP contribution in [0.25, 0.3) is 0 Å². The van der Waals surface area contributed by atoms with Gasteiger partial charge in [-0.15, -0.1) is 0 Å². The summed E-state index contributed by atoms with van der Waals surface area (Å²) in [4.78, 5) is 32.5. The molecule has 174 valence electrons. The Morgan fingerprint density at radius 3 is 2.00 bits per heavy atom. The first-order valence-corrected chi connectivity index (χ1v) is 14.0. The van der Waals surface area contributed by atoms with Crippen molar-refractivity contribution in [2.24, 2.45) is 23.2 Å². The Morgan fingerprint density at radius 1 is 0.968 bits per heavy atom. The number of carbonyl (C=O) groups is 2. The third-order valence-electron chi connectivity index (χ3n) is 9.10. The summed E-state index contributed by atoms with van der Waals surface area (Å²) in [6, 6.07) is -0.496. The largest absolute Gasteiger partial charge is 0.340 e. The molecule has 6 aliphatic rings. The maximum Gasteiger partial charge on any atom is 0.239 e. The fourth-order valence-electron chi connectivity index (χ4n) is 7.73. The molecule has 4 bridgehead atoms. The van der Waals surface area contributed by atoms with Gasteiger partial charge in [-0.1, -0.05) is 0 Å². The van der Waals surface area contributed by atoms with E-state index in [2.05, 4.69) is 9.80 Å². The van der Waals surface area contributed by atoms with E-state index in [1.165, 1.54) is 19.3 Å². The molecule has 0 spiro atoms. The predicted molar refractivity (Wildman–Crippen MR) is 118 cm³/mol. The molecular formula is C23H37N3O4S. The molecule has 2 amide bonds. The number of hydrogen-bond donors (Lipinski definition) is 0. The van der Waals surface area contributed by atoms with Crippen molar-refractivity contribution >= 4 is 21.7 Å². The lowest BCUT2D eigenvalue weighted by molar-refractivity contribution is -0.160. The SMILES string of the molecule is CC(C(=O)N(C)C1CCS(=O)(=O)C1)N1CCN(C(=O)C23CC4CC(CC(C4)C2)C3)CC1. The Labute approximate surface area is 186 Å². The van der Waals surface area contributed by atoms with Gasteiger partial charge in [0.15, 0.2) is 9.84 Å². The van der Waals surface area contributed by atoms with Crippen molar-refractivity contribution in [3.8, 4) is 0 Å². The molecular weight excluding hydrogens is 414 g/mol. The molecule has 2 atom stereocenters. The monoisotopic (exact) mass is 451 g/mol. The van der Waals surface area contributed by atoms with Crippen LogP contribution in [0, 0.1) is 23.2 Å². The highest BCUT2D eigenvalue weighted by Crippen LogP contribution is 2.60. The van der Waals surface area contributed by atoms with E-state index >= 15 is 0 Å². The van der Waals surface area contributed by atoms with Gasteiger partial charge in [0.25, 0.3) is 0 Å². The van der Waals surface area contributed by atoms with E-state index in [1.54, 1.807) is 11.9 Å². The van der Waals surface area contributed by atoms with Gasteiger partial charge in [0.05, 0.1) is 23.0 Å². The van der Waals surface area contributed by atoms with Crippen LogP contribution in [0.15, 0.2) is 0 Å². The van der Waals surface area contributed by atoms with Crippen LogP contribution in [-0.4, -0.2) is 91.7 Å². The Balaban J connectivity index is 1.17. The number of hydrogen-bond acceptors (Lipinski definition) is 5. The molecule has 2 aliphatic heterocycles. The molecule has 6 rings (SSSR count). The first-order chi connectivity index (χ1) is 14.7. The van der Waals surface area contributed by atoms with Crippen molar-refractivity contribution in [2.45, 2.75) is 64.0 Å². The summed E-state index contributed by atoms with van der Waals surface area (Å²) < 4.78 is 23.6. The summed E-state index contributed by atoms with van der Waals surface area (Å²) >= 11 is 0. The van der Waals surface area contributed by atoms with Crippen molar-refractivity contribution in [1.82, 2.24) is 14.7 Å². The first-order valence-electron chi connectivity index (χ1n) is 12.2. The summed E-state index contributed by atoms with van der Waals surface area (Å²) in [6.07, 6.45) is 7.86. The molecule has 2 heterocycles. The lowest BCUT2D eigenvalue weighted by atomic mass is 9.49. The average Bonchev–Trinajstić information content (AvgIpc) is 3.10. The van der Waals surface area contributed by atoms with Crippen LogP contribution in [0.1, 0.15) is 51.9 Å². The number of sulfone groups is 1. The fourth-order valence-corrected chi connectivity index (χ4v) is 9.51. The normalized spacial score (nSPS) is 40.1. The van der Waals surface area contributed by atoms with Crippen molar-refractivity contribution < 1.29 is 18.0 Å². The number of nitrogens with zero attached hydrogens (tertiary/aromatic N) is 3. The summed E-state index contributed by atoms with van der Waals surface area (Å²) in [5.41, 5.74) is -0.0907. The topological polar surface area (TPSA) is 78.0 Å². The molecule has 0 aromatic rings. The zero-order valence-electron chi connectivity index (χ0n) is 19.0. The van der Waals surface area contributed by atoms with Gasteiger partial charge in [-0.2, -0.15) is 0 Å². The third-order valence-corrected chi connectivity index (χ3v) is 10.9. The van der Waals surface area contributed by atoms with Crippen molar-refractivity contribution in [2.75, 3.05) is 44.7 Å².